The molecule has 2 aromatic carbocycles. The number of halogens is 3. The van der Waals surface area contributed by atoms with Gasteiger partial charge in [0.2, 0.25) is 0 Å². The standard InChI is InChI=1S/C14H11Cl2FN2O/c15-11-2-1-3-12(16)13(11)20-7-8-4-9(14(18)19)6-10(17)5-8/h1-6H,7H2,(H3,18,19). The molecule has 0 unspecified atom stereocenters. The molecule has 0 aliphatic carbocycles. The van der Waals surface area contributed by atoms with Crippen LogP contribution in [0.5, 0.6) is 5.75 Å². The molecule has 104 valence electrons. The van der Waals surface area contributed by atoms with Crippen LogP contribution in [0.3, 0.4) is 0 Å². The number of amidine groups is 1. The van der Waals surface area contributed by atoms with Crippen LogP contribution in [-0.2, 0) is 6.61 Å². The quantitative estimate of drug-likeness (QED) is 0.662. The Morgan fingerprint density at radius 2 is 1.85 bits per heavy atom. The van der Waals surface area contributed by atoms with Gasteiger partial charge in [-0.15, -0.1) is 0 Å². The van der Waals surface area contributed by atoms with Crippen molar-refractivity contribution >= 4 is 29.0 Å². The van der Waals surface area contributed by atoms with E-state index in [0.717, 1.165) is 0 Å². The van der Waals surface area contributed by atoms with Gasteiger partial charge >= 0.3 is 0 Å². The fourth-order valence-corrected chi connectivity index (χ4v) is 2.17. The Labute approximate surface area is 125 Å². The van der Waals surface area contributed by atoms with E-state index < -0.39 is 5.82 Å². The van der Waals surface area contributed by atoms with Crippen LogP contribution in [0.2, 0.25) is 10.0 Å². The minimum absolute atomic E-state index is 0.0709. The average molecular weight is 313 g/mol. The third-order valence-corrected chi connectivity index (χ3v) is 3.17. The van der Waals surface area contributed by atoms with Crippen molar-refractivity contribution in [3.05, 3.63) is 63.4 Å². The lowest BCUT2D eigenvalue weighted by Gasteiger charge is -2.10. The Bertz CT molecular complexity index is 641. The summed E-state index contributed by atoms with van der Waals surface area (Å²) in [7, 11) is 0. The number of ether oxygens (including phenoxy) is 1. The molecule has 0 aliphatic rings. The molecule has 0 heterocycles. The summed E-state index contributed by atoms with van der Waals surface area (Å²) in [4.78, 5) is 0. The largest absolute Gasteiger partial charge is 0.486 e. The zero-order chi connectivity index (χ0) is 14.7. The molecule has 0 aliphatic heterocycles. The summed E-state index contributed by atoms with van der Waals surface area (Å²) >= 11 is 11.9. The normalized spacial score (nSPS) is 10.3. The maximum atomic E-state index is 13.4. The van der Waals surface area contributed by atoms with Gasteiger partial charge in [-0.05, 0) is 35.9 Å². The van der Waals surface area contributed by atoms with E-state index in [-0.39, 0.29) is 12.4 Å². The first-order valence-corrected chi connectivity index (χ1v) is 6.43. The van der Waals surface area contributed by atoms with Crippen molar-refractivity contribution < 1.29 is 9.13 Å². The Morgan fingerprint density at radius 1 is 1.20 bits per heavy atom. The van der Waals surface area contributed by atoms with E-state index in [1.165, 1.54) is 12.1 Å². The summed E-state index contributed by atoms with van der Waals surface area (Å²) in [6.45, 7) is 0.0709. The van der Waals surface area contributed by atoms with Crippen LogP contribution < -0.4 is 10.5 Å². The fourth-order valence-electron chi connectivity index (χ4n) is 1.67. The highest BCUT2D eigenvalue weighted by Gasteiger charge is 2.08. The summed E-state index contributed by atoms with van der Waals surface area (Å²) < 4.78 is 18.9. The molecule has 0 fully saturated rings. The van der Waals surface area contributed by atoms with Gasteiger partial charge in [0.05, 0.1) is 10.0 Å². The van der Waals surface area contributed by atoms with E-state index in [4.69, 9.17) is 39.1 Å². The summed E-state index contributed by atoms with van der Waals surface area (Å²) in [5, 5.41) is 8.07. The van der Waals surface area contributed by atoms with Crippen LogP contribution in [0, 0.1) is 11.2 Å². The van der Waals surface area contributed by atoms with Crippen molar-refractivity contribution in [3.63, 3.8) is 0 Å². The number of hydrogen-bond donors (Lipinski definition) is 2. The van der Waals surface area contributed by atoms with Crippen molar-refractivity contribution in [2.24, 2.45) is 5.73 Å². The second-order valence-electron chi connectivity index (χ2n) is 4.10. The Balaban J connectivity index is 2.21. The van der Waals surface area contributed by atoms with E-state index in [0.29, 0.717) is 26.9 Å². The van der Waals surface area contributed by atoms with Crippen LogP contribution in [0.15, 0.2) is 36.4 Å². The molecule has 2 rings (SSSR count). The average Bonchev–Trinajstić information content (AvgIpc) is 2.37. The van der Waals surface area contributed by atoms with Crippen LogP contribution >= 0.6 is 23.2 Å². The molecule has 0 saturated heterocycles. The van der Waals surface area contributed by atoms with Gasteiger partial charge in [-0.2, -0.15) is 0 Å². The zero-order valence-electron chi connectivity index (χ0n) is 10.3. The third kappa shape index (κ3) is 3.40. The van der Waals surface area contributed by atoms with E-state index in [9.17, 15) is 4.39 Å². The highest BCUT2D eigenvalue weighted by molar-refractivity contribution is 6.37. The van der Waals surface area contributed by atoms with Gasteiger partial charge in [0.25, 0.3) is 0 Å². The molecule has 2 aromatic rings. The van der Waals surface area contributed by atoms with E-state index in [1.807, 2.05) is 0 Å². The van der Waals surface area contributed by atoms with Gasteiger partial charge in [-0.25, -0.2) is 4.39 Å². The molecule has 0 atom stereocenters. The Hall–Kier alpha value is -1.78. The first-order valence-electron chi connectivity index (χ1n) is 5.68. The van der Waals surface area contributed by atoms with Gasteiger partial charge in [-0.3, -0.25) is 5.41 Å². The summed E-state index contributed by atoms with van der Waals surface area (Å²) in [6.07, 6.45) is 0. The summed E-state index contributed by atoms with van der Waals surface area (Å²) in [5.74, 6) is -0.354. The van der Waals surface area contributed by atoms with Gasteiger partial charge in [0.15, 0.2) is 5.75 Å². The van der Waals surface area contributed by atoms with Gasteiger partial charge in [0, 0.05) is 5.56 Å². The van der Waals surface area contributed by atoms with Gasteiger partial charge < -0.3 is 10.5 Å². The van der Waals surface area contributed by atoms with Gasteiger partial charge in [0.1, 0.15) is 18.3 Å². The topological polar surface area (TPSA) is 59.1 Å². The van der Waals surface area contributed by atoms with E-state index in [2.05, 4.69) is 0 Å². The number of para-hydroxylation sites is 1. The number of benzene rings is 2. The van der Waals surface area contributed by atoms with Gasteiger partial charge in [-0.1, -0.05) is 29.3 Å². The van der Waals surface area contributed by atoms with Crippen molar-refractivity contribution in [1.82, 2.24) is 0 Å². The number of nitrogens with one attached hydrogen (secondary N) is 1. The lowest BCUT2D eigenvalue weighted by molar-refractivity contribution is 0.306. The summed E-state index contributed by atoms with van der Waals surface area (Å²) in [5.41, 5.74) is 6.17. The first kappa shape index (κ1) is 14.6. The SMILES string of the molecule is N=C(N)c1cc(F)cc(COc2c(Cl)cccc2Cl)c1. The third-order valence-electron chi connectivity index (χ3n) is 2.57. The highest BCUT2D eigenvalue weighted by Crippen LogP contribution is 2.32. The van der Waals surface area contributed by atoms with E-state index >= 15 is 0 Å². The Morgan fingerprint density at radius 3 is 2.45 bits per heavy atom. The predicted molar refractivity (Wildman–Crippen MR) is 78.2 cm³/mol. The number of nitrogen functional groups attached to an aromatic ring is 1. The molecular formula is C14H11Cl2FN2O. The molecule has 3 nitrogen and oxygen atoms in total. The van der Waals surface area contributed by atoms with Crippen molar-refractivity contribution in [2.75, 3.05) is 0 Å². The lowest BCUT2D eigenvalue weighted by Crippen LogP contribution is -2.12. The van der Waals surface area contributed by atoms with Crippen molar-refractivity contribution in [1.29, 1.82) is 5.41 Å². The van der Waals surface area contributed by atoms with Crippen LogP contribution in [0.25, 0.3) is 0 Å². The number of hydrogen-bond acceptors (Lipinski definition) is 2. The molecule has 3 N–H and O–H groups in total. The van der Waals surface area contributed by atoms with E-state index in [1.54, 1.807) is 24.3 Å². The van der Waals surface area contributed by atoms with Crippen LogP contribution in [0.1, 0.15) is 11.1 Å². The molecule has 0 spiro atoms. The maximum absolute atomic E-state index is 13.4. The predicted octanol–water partition coefficient (Wildman–Crippen LogP) is 4.00. The minimum Gasteiger partial charge on any atom is -0.486 e. The monoisotopic (exact) mass is 312 g/mol. The molecule has 0 saturated carbocycles. The molecule has 6 heteroatoms. The Kier molecular flexibility index (Phi) is 4.47. The van der Waals surface area contributed by atoms with Crippen molar-refractivity contribution in [3.8, 4) is 5.75 Å². The number of nitrogens with two attached hydrogens (primary N) is 1. The molecule has 0 radical (unpaired) electrons. The minimum atomic E-state index is -0.485. The second kappa shape index (κ2) is 6.11. The zero-order valence-corrected chi connectivity index (χ0v) is 11.8. The molecule has 0 amide bonds. The summed E-state index contributed by atoms with van der Waals surface area (Å²) in [6, 6.07) is 9.07. The lowest BCUT2D eigenvalue weighted by atomic mass is 10.1. The molecule has 20 heavy (non-hydrogen) atoms. The van der Waals surface area contributed by atoms with Crippen LogP contribution in [-0.4, -0.2) is 5.84 Å². The number of rotatable bonds is 4. The smallest absolute Gasteiger partial charge is 0.156 e. The second-order valence-corrected chi connectivity index (χ2v) is 4.92. The maximum Gasteiger partial charge on any atom is 0.156 e. The molecule has 0 bridgehead atoms. The molecule has 0 aromatic heterocycles. The molecular weight excluding hydrogens is 302 g/mol. The fraction of sp³-hybridized carbons (Fsp3) is 0.0714. The highest BCUT2D eigenvalue weighted by atomic mass is 35.5. The van der Waals surface area contributed by atoms with Crippen LogP contribution in [0.4, 0.5) is 4.39 Å². The van der Waals surface area contributed by atoms with Crippen molar-refractivity contribution in [2.45, 2.75) is 6.61 Å². The first-order chi connectivity index (χ1) is 9.47.